The molecular formula is C16H17NO3. The summed E-state index contributed by atoms with van der Waals surface area (Å²) < 4.78 is 4.81. The minimum atomic E-state index is -0.685. The number of hydrogen-bond acceptors (Lipinski definition) is 3. The zero-order chi connectivity index (χ0) is 14.2. The maximum Gasteiger partial charge on any atom is 0.385 e. The molecule has 1 amide bonds. The van der Waals surface area contributed by atoms with Crippen molar-refractivity contribution >= 4 is 11.9 Å². The number of rotatable bonds is 3. The van der Waals surface area contributed by atoms with Crippen molar-refractivity contribution in [3.05, 3.63) is 35.9 Å². The summed E-state index contributed by atoms with van der Waals surface area (Å²) in [4.78, 5) is 22.9. The van der Waals surface area contributed by atoms with E-state index < -0.39 is 5.97 Å². The van der Waals surface area contributed by atoms with Gasteiger partial charge in [0.05, 0.1) is 0 Å². The molecule has 1 saturated carbocycles. The summed E-state index contributed by atoms with van der Waals surface area (Å²) in [6.07, 6.45) is 4.31. The van der Waals surface area contributed by atoms with Crippen molar-refractivity contribution in [3.8, 4) is 11.8 Å². The van der Waals surface area contributed by atoms with Crippen LogP contribution in [0.5, 0.6) is 0 Å². The molecule has 0 saturated heterocycles. The number of carbonyl (C=O) groups is 2. The second kappa shape index (κ2) is 7.34. The van der Waals surface area contributed by atoms with Gasteiger partial charge in [0.1, 0.15) is 0 Å². The van der Waals surface area contributed by atoms with Crippen molar-refractivity contribution in [1.82, 2.24) is 5.32 Å². The fourth-order valence-electron chi connectivity index (χ4n) is 2.15. The number of ether oxygens (including phenoxy) is 1. The van der Waals surface area contributed by atoms with Gasteiger partial charge >= 0.3 is 5.97 Å². The van der Waals surface area contributed by atoms with Crippen LogP contribution in [0, 0.1) is 11.8 Å². The highest BCUT2D eigenvalue weighted by Gasteiger charge is 2.17. The molecule has 104 valence electrons. The molecule has 0 radical (unpaired) electrons. The largest absolute Gasteiger partial charge is 0.446 e. The highest BCUT2D eigenvalue weighted by atomic mass is 16.5. The normalized spacial score (nSPS) is 14.2. The van der Waals surface area contributed by atoms with E-state index in [-0.39, 0.29) is 18.6 Å². The van der Waals surface area contributed by atoms with Gasteiger partial charge < -0.3 is 10.1 Å². The Morgan fingerprint density at radius 1 is 1.20 bits per heavy atom. The van der Waals surface area contributed by atoms with E-state index in [9.17, 15) is 9.59 Å². The van der Waals surface area contributed by atoms with Crippen LogP contribution < -0.4 is 5.32 Å². The minimum Gasteiger partial charge on any atom is -0.446 e. The summed E-state index contributed by atoms with van der Waals surface area (Å²) in [6.45, 7) is -0.265. The van der Waals surface area contributed by atoms with E-state index in [4.69, 9.17) is 4.74 Å². The molecule has 0 atom stereocenters. The molecule has 1 aromatic rings. The fourth-order valence-corrected chi connectivity index (χ4v) is 2.15. The van der Waals surface area contributed by atoms with Crippen molar-refractivity contribution in [2.45, 2.75) is 31.7 Å². The van der Waals surface area contributed by atoms with Crippen molar-refractivity contribution < 1.29 is 14.3 Å². The van der Waals surface area contributed by atoms with E-state index in [0.717, 1.165) is 31.2 Å². The lowest BCUT2D eigenvalue weighted by Crippen LogP contribution is -2.35. The van der Waals surface area contributed by atoms with E-state index >= 15 is 0 Å². The maximum absolute atomic E-state index is 11.5. The molecule has 0 heterocycles. The predicted octanol–water partition coefficient (Wildman–Crippen LogP) is 1.64. The summed E-state index contributed by atoms with van der Waals surface area (Å²) in [5.74, 6) is 4.10. The van der Waals surface area contributed by atoms with E-state index in [2.05, 4.69) is 17.2 Å². The Kier molecular flexibility index (Phi) is 5.19. The Balaban J connectivity index is 1.72. The van der Waals surface area contributed by atoms with Gasteiger partial charge in [0.2, 0.25) is 0 Å². The third-order valence-electron chi connectivity index (χ3n) is 3.14. The second-order valence-corrected chi connectivity index (χ2v) is 4.74. The Labute approximate surface area is 118 Å². The van der Waals surface area contributed by atoms with Gasteiger partial charge in [0.25, 0.3) is 5.91 Å². The zero-order valence-corrected chi connectivity index (χ0v) is 11.2. The minimum absolute atomic E-state index is 0.233. The fraction of sp³-hybridized carbons (Fsp3) is 0.375. The van der Waals surface area contributed by atoms with Crippen molar-refractivity contribution in [3.63, 3.8) is 0 Å². The Bertz CT molecular complexity index is 522. The number of hydrogen-bond donors (Lipinski definition) is 1. The molecule has 2 rings (SSSR count). The molecule has 1 aliphatic carbocycles. The first-order chi connectivity index (χ1) is 9.74. The van der Waals surface area contributed by atoms with Gasteiger partial charge in [-0.3, -0.25) is 4.79 Å². The average Bonchev–Trinajstić information content (AvgIpc) is 2.97. The van der Waals surface area contributed by atoms with E-state index in [1.807, 2.05) is 18.2 Å². The van der Waals surface area contributed by atoms with Crippen LogP contribution in [0.3, 0.4) is 0 Å². The highest BCUT2D eigenvalue weighted by molar-refractivity contribution is 5.91. The topological polar surface area (TPSA) is 55.4 Å². The van der Waals surface area contributed by atoms with E-state index in [1.54, 1.807) is 12.1 Å². The van der Waals surface area contributed by atoms with Crippen molar-refractivity contribution in [2.75, 3.05) is 6.61 Å². The molecule has 1 aliphatic rings. The monoisotopic (exact) mass is 271 g/mol. The lowest BCUT2D eigenvalue weighted by atomic mass is 10.2. The molecule has 1 fully saturated rings. The van der Waals surface area contributed by atoms with Crippen LogP contribution >= 0.6 is 0 Å². The number of benzene rings is 1. The zero-order valence-electron chi connectivity index (χ0n) is 11.2. The summed E-state index contributed by atoms with van der Waals surface area (Å²) in [6, 6.07) is 9.38. The van der Waals surface area contributed by atoms with Gasteiger partial charge in [-0.05, 0) is 25.0 Å². The Hall–Kier alpha value is -2.28. The van der Waals surface area contributed by atoms with Crippen LogP contribution in [0.2, 0.25) is 0 Å². The van der Waals surface area contributed by atoms with Crippen LogP contribution in [0.15, 0.2) is 30.3 Å². The first-order valence-electron chi connectivity index (χ1n) is 6.77. The third kappa shape index (κ3) is 4.77. The molecule has 1 N–H and O–H groups in total. The van der Waals surface area contributed by atoms with E-state index in [1.165, 1.54) is 0 Å². The molecule has 0 bridgehead atoms. The number of amides is 1. The molecule has 0 unspecified atom stereocenters. The standard InChI is InChI=1S/C16H17NO3/c18-15(17-14-8-4-5-9-14)12-20-16(19)11-10-13-6-2-1-3-7-13/h1-3,6-7,14H,4-5,8-9,12H2,(H,17,18). The van der Waals surface area contributed by atoms with Crippen LogP contribution in [-0.2, 0) is 14.3 Å². The van der Waals surface area contributed by atoms with Crippen LogP contribution in [0.1, 0.15) is 31.2 Å². The van der Waals surface area contributed by atoms with Gasteiger partial charge in [0, 0.05) is 17.5 Å². The number of esters is 1. The summed E-state index contributed by atoms with van der Waals surface area (Å²) in [5.41, 5.74) is 0.736. The summed E-state index contributed by atoms with van der Waals surface area (Å²) in [5, 5.41) is 2.84. The van der Waals surface area contributed by atoms with Crippen molar-refractivity contribution in [1.29, 1.82) is 0 Å². The molecule has 0 aliphatic heterocycles. The molecule has 4 heteroatoms. The maximum atomic E-state index is 11.5. The molecule has 1 aromatic carbocycles. The van der Waals surface area contributed by atoms with Gasteiger partial charge in [0.15, 0.2) is 6.61 Å². The summed E-state index contributed by atoms with van der Waals surface area (Å²) in [7, 11) is 0. The third-order valence-corrected chi connectivity index (χ3v) is 3.14. The van der Waals surface area contributed by atoms with Gasteiger partial charge in [-0.2, -0.15) is 0 Å². The quantitative estimate of drug-likeness (QED) is 0.671. The van der Waals surface area contributed by atoms with Gasteiger partial charge in [-0.15, -0.1) is 0 Å². The molecular weight excluding hydrogens is 254 g/mol. The smallest absolute Gasteiger partial charge is 0.385 e. The van der Waals surface area contributed by atoms with Crippen molar-refractivity contribution in [2.24, 2.45) is 0 Å². The molecule has 0 spiro atoms. The Morgan fingerprint density at radius 2 is 1.90 bits per heavy atom. The van der Waals surface area contributed by atoms with Crippen LogP contribution in [-0.4, -0.2) is 24.5 Å². The predicted molar refractivity (Wildman–Crippen MR) is 74.7 cm³/mol. The Morgan fingerprint density at radius 3 is 2.60 bits per heavy atom. The highest BCUT2D eigenvalue weighted by Crippen LogP contribution is 2.17. The van der Waals surface area contributed by atoms with Gasteiger partial charge in [-0.25, -0.2) is 4.79 Å². The SMILES string of the molecule is O=C(COC(=O)C#Cc1ccccc1)NC1CCCC1. The van der Waals surface area contributed by atoms with Crippen LogP contribution in [0.25, 0.3) is 0 Å². The first kappa shape index (κ1) is 14.1. The average molecular weight is 271 g/mol. The number of nitrogens with one attached hydrogen (secondary N) is 1. The van der Waals surface area contributed by atoms with E-state index in [0.29, 0.717) is 0 Å². The first-order valence-corrected chi connectivity index (χ1v) is 6.77. The number of carbonyl (C=O) groups excluding carboxylic acids is 2. The van der Waals surface area contributed by atoms with Crippen LogP contribution in [0.4, 0.5) is 0 Å². The molecule has 0 aromatic heterocycles. The lowest BCUT2D eigenvalue weighted by molar-refractivity contribution is -0.143. The van der Waals surface area contributed by atoms with Gasteiger partial charge in [-0.1, -0.05) is 37.0 Å². The lowest BCUT2D eigenvalue weighted by Gasteiger charge is -2.10. The molecule has 20 heavy (non-hydrogen) atoms. The summed E-state index contributed by atoms with van der Waals surface area (Å²) >= 11 is 0. The molecule has 4 nitrogen and oxygen atoms in total. The second-order valence-electron chi connectivity index (χ2n) is 4.74.